The normalized spacial score (nSPS) is 30.4. The van der Waals surface area contributed by atoms with Crippen LogP contribution in [-0.2, 0) is 4.74 Å². The molecule has 15 heavy (non-hydrogen) atoms. The Balaban J connectivity index is 2.63. The summed E-state index contributed by atoms with van der Waals surface area (Å²) in [5.41, 5.74) is 6.41. The fourth-order valence-electron chi connectivity index (χ4n) is 2.74. The smallest absolute Gasteiger partial charge is 0.0587 e. The molecule has 1 rings (SSSR count). The number of hydrogen-bond acceptors (Lipinski definition) is 3. The van der Waals surface area contributed by atoms with Gasteiger partial charge in [0.15, 0.2) is 0 Å². The second-order valence-electron chi connectivity index (χ2n) is 5.30. The van der Waals surface area contributed by atoms with Gasteiger partial charge in [0.25, 0.3) is 0 Å². The first-order valence-electron chi connectivity index (χ1n) is 6.02. The Hall–Kier alpha value is -0.120. The van der Waals surface area contributed by atoms with Crippen LogP contribution in [0.4, 0.5) is 0 Å². The van der Waals surface area contributed by atoms with Gasteiger partial charge < -0.3 is 15.8 Å². The van der Waals surface area contributed by atoms with E-state index >= 15 is 0 Å². The average Bonchev–Trinajstić information content (AvgIpc) is 2.21. The van der Waals surface area contributed by atoms with E-state index in [-0.39, 0.29) is 5.54 Å². The summed E-state index contributed by atoms with van der Waals surface area (Å²) in [4.78, 5) is 0. The van der Waals surface area contributed by atoms with Crippen LogP contribution >= 0.6 is 0 Å². The molecule has 0 saturated heterocycles. The lowest BCUT2D eigenvalue weighted by Gasteiger charge is -2.50. The SMILES string of the molecule is COCCNC1(CN)CCCCC1(C)C. The summed E-state index contributed by atoms with van der Waals surface area (Å²) in [6, 6.07) is 0. The van der Waals surface area contributed by atoms with Crippen LogP contribution in [0.3, 0.4) is 0 Å². The van der Waals surface area contributed by atoms with Crippen LogP contribution in [0, 0.1) is 5.41 Å². The van der Waals surface area contributed by atoms with Crippen molar-refractivity contribution in [1.82, 2.24) is 5.32 Å². The van der Waals surface area contributed by atoms with E-state index < -0.39 is 0 Å². The molecule has 1 aliphatic rings. The van der Waals surface area contributed by atoms with Crippen molar-refractivity contribution in [3.8, 4) is 0 Å². The molecule has 0 radical (unpaired) electrons. The average molecular weight is 214 g/mol. The van der Waals surface area contributed by atoms with Gasteiger partial charge in [0, 0.05) is 25.7 Å². The van der Waals surface area contributed by atoms with Crippen LogP contribution in [0.15, 0.2) is 0 Å². The summed E-state index contributed by atoms with van der Waals surface area (Å²) in [5, 5.41) is 3.63. The van der Waals surface area contributed by atoms with Gasteiger partial charge in [-0.2, -0.15) is 0 Å². The van der Waals surface area contributed by atoms with Crippen molar-refractivity contribution in [2.75, 3.05) is 26.8 Å². The van der Waals surface area contributed by atoms with E-state index in [0.29, 0.717) is 5.41 Å². The van der Waals surface area contributed by atoms with Crippen molar-refractivity contribution in [2.24, 2.45) is 11.1 Å². The van der Waals surface area contributed by atoms with E-state index in [9.17, 15) is 0 Å². The molecule has 1 atom stereocenters. The molecule has 1 saturated carbocycles. The molecule has 1 aliphatic carbocycles. The number of nitrogens with two attached hydrogens (primary N) is 1. The van der Waals surface area contributed by atoms with E-state index in [1.807, 2.05) is 0 Å². The number of nitrogens with one attached hydrogen (secondary N) is 1. The molecule has 3 N–H and O–H groups in total. The molecular formula is C12H26N2O. The number of ether oxygens (including phenoxy) is 1. The van der Waals surface area contributed by atoms with E-state index in [1.54, 1.807) is 7.11 Å². The minimum atomic E-state index is 0.115. The Morgan fingerprint density at radius 3 is 2.47 bits per heavy atom. The Kier molecular flexibility index (Phi) is 4.56. The Bertz CT molecular complexity index is 194. The van der Waals surface area contributed by atoms with Gasteiger partial charge in [0.05, 0.1) is 6.61 Å². The van der Waals surface area contributed by atoms with E-state index in [2.05, 4.69) is 19.2 Å². The number of methoxy groups -OCH3 is 1. The Morgan fingerprint density at radius 1 is 1.27 bits per heavy atom. The van der Waals surface area contributed by atoms with Crippen LogP contribution < -0.4 is 11.1 Å². The van der Waals surface area contributed by atoms with Gasteiger partial charge in [-0.15, -0.1) is 0 Å². The number of hydrogen-bond donors (Lipinski definition) is 2. The first-order valence-corrected chi connectivity index (χ1v) is 6.02. The minimum Gasteiger partial charge on any atom is -0.383 e. The summed E-state index contributed by atoms with van der Waals surface area (Å²) >= 11 is 0. The molecule has 3 nitrogen and oxygen atoms in total. The van der Waals surface area contributed by atoms with Crippen molar-refractivity contribution in [1.29, 1.82) is 0 Å². The van der Waals surface area contributed by atoms with Gasteiger partial charge in [-0.1, -0.05) is 26.7 Å². The van der Waals surface area contributed by atoms with E-state index in [4.69, 9.17) is 10.5 Å². The monoisotopic (exact) mass is 214 g/mol. The zero-order chi connectivity index (χ0) is 11.4. The number of rotatable bonds is 5. The third-order valence-electron chi connectivity index (χ3n) is 4.07. The van der Waals surface area contributed by atoms with Crippen molar-refractivity contribution in [2.45, 2.75) is 45.1 Å². The third kappa shape index (κ3) is 2.71. The summed E-state index contributed by atoms with van der Waals surface area (Å²) in [5.74, 6) is 0. The second-order valence-corrected chi connectivity index (χ2v) is 5.30. The van der Waals surface area contributed by atoms with Crippen LogP contribution in [0.5, 0.6) is 0 Å². The lowest BCUT2D eigenvalue weighted by atomic mass is 9.63. The van der Waals surface area contributed by atoms with Crippen molar-refractivity contribution < 1.29 is 4.74 Å². The molecule has 0 aliphatic heterocycles. The highest BCUT2D eigenvalue weighted by Crippen LogP contribution is 2.43. The molecule has 3 heteroatoms. The van der Waals surface area contributed by atoms with Crippen LogP contribution in [0.2, 0.25) is 0 Å². The van der Waals surface area contributed by atoms with Crippen molar-refractivity contribution in [3.63, 3.8) is 0 Å². The summed E-state index contributed by atoms with van der Waals surface area (Å²) in [7, 11) is 1.74. The highest BCUT2D eigenvalue weighted by molar-refractivity contribution is 5.03. The molecule has 0 amide bonds. The fourth-order valence-corrected chi connectivity index (χ4v) is 2.74. The molecule has 0 aromatic heterocycles. The second kappa shape index (κ2) is 5.28. The van der Waals surface area contributed by atoms with E-state index in [0.717, 1.165) is 19.7 Å². The minimum absolute atomic E-state index is 0.115. The molecular weight excluding hydrogens is 188 g/mol. The van der Waals surface area contributed by atoms with Gasteiger partial charge >= 0.3 is 0 Å². The highest BCUT2D eigenvalue weighted by Gasteiger charge is 2.44. The molecule has 0 aromatic carbocycles. The lowest BCUT2D eigenvalue weighted by Crippen LogP contribution is -2.62. The lowest BCUT2D eigenvalue weighted by molar-refractivity contribution is 0.0609. The standard InChI is InChI=1S/C12H26N2O/c1-11(2)6-4-5-7-12(11,10-13)14-8-9-15-3/h14H,4-10,13H2,1-3H3. The topological polar surface area (TPSA) is 47.3 Å². The summed E-state index contributed by atoms with van der Waals surface area (Å²) in [6.07, 6.45) is 5.09. The largest absolute Gasteiger partial charge is 0.383 e. The molecule has 0 heterocycles. The van der Waals surface area contributed by atoms with Crippen LogP contribution in [-0.4, -0.2) is 32.3 Å². The zero-order valence-electron chi connectivity index (χ0n) is 10.4. The first-order chi connectivity index (χ1) is 7.08. The van der Waals surface area contributed by atoms with Gasteiger partial charge in [-0.25, -0.2) is 0 Å². The maximum Gasteiger partial charge on any atom is 0.0587 e. The van der Waals surface area contributed by atoms with Crippen molar-refractivity contribution in [3.05, 3.63) is 0 Å². The molecule has 0 aromatic rings. The fraction of sp³-hybridized carbons (Fsp3) is 1.00. The van der Waals surface area contributed by atoms with E-state index in [1.165, 1.54) is 25.7 Å². The zero-order valence-corrected chi connectivity index (χ0v) is 10.4. The molecule has 1 unspecified atom stereocenters. The van der Waals surface area contributed by atoms with Gasteiger partial charge in [-0.3, -0.25) is 0 Å². The maximum absolute atomic E-state index is 5.99. The van der Waals surface area contributed by atoms with Crippen LogP contribution in [0.25, 0.3) is 0 Å². The van der Waals surface area contributed by atoms with Crippen molar-refractivity contribution >= 4 is 0 Å². The molecule has 0 bridgehead atoms. The first kappa shape index (κ1) is 12.9. The Labute approximate surface area is 93.8 Å². The van der Waals surface area contributed by atoms with Gasteiger partial charge in [0.2, 0.25) is 0 Å². The maximum atomic E-state index is 5.99. The van der Waals surface area contributed by atoms with Crippen LogP contribution in [0.1, 0.15) is 39.5 Å². The predicted octanol–water partition coefficient (Wildman–Crippen LogP) is 1.52. The highest BCUT2D eigenvalue weighted by atomic mass is 16.5. The Morgan fingerprint density at radius 2 is 1.93 bits per heavy atom. The van der Waals surface area contributed by atoms with Gasteiger partial charge in [0.1, 0.15) is 0 Å². The quantitative estimate of drug-likeness (QED) is 0.682. The summed E-state index contributed by atoms with van der Waals surface area (Å²) in [6.45, 7) is 7.05. The molecule has 90 valence electrons. The van der Waals surface area contributed by atoms with Gasteiger partial charge in [-0.05, 0) is 18.3 Å². The predicted molar refractivity (Wildman–Crippen MR) is 63.9 cm³/mol. The molecule has 1 fully saturated rings. The third-order valence-corrected chi connectivity index (χ3v) is 4.07. The summed E-state index contributed by atoms with van der Waals surface area (Å²) < 4.78 is 5.09. The molecule has 0 spiro atoms.